The number of amides is 1. The largest absolute Gasteiger partial charge is 0.449 e. The lowest BCUT2D eigenvalue weighted by Gasteiger charge is -2.21. The fourth-order valence-electron chi connectivity index (χ4n) is 2.74. The minimum Gasteiger partial charge on any atom is -0.449 e. The highest BCUT2D eigenvalue weighted by atomic mass is 35.5. The predicted molar refractivity (Wildman–Crippen MR) is 93.8 cm³/mol. The van der Waals surface area contributed by atoms with E-state index in [0.29, 0.717) is 16.6 Å². The van der Waals surface area contributed by atoms with Crippen LogP contribution in [0.2, 0.25) is 10.0 Å². The second kappa shape index (κ2) is 6.83. The van der Waals surface area contributed by atoms with Crippen LogP contribution in [0.25, 0.3) is 0 Å². The van der Waals surface area contributed by atoms with E-state index >= 15 is 0 Å². The smallest absolute Gasteiger partial charge is 0.339 e. The third kappa shape index (κ3) is 3.40. The molecule has 1 atom stereocenters. The van der Waals surface area contributed by atoms with Crippen molar-refractivity contribution in [1.82, 2.24) is 0 Å². The first-order chi connectivity index (χ1) is 11.5. The molecular weight excluding hydrogens is 349 g/mol. The van der Waals surface area contributed by atoms with Gasteiger partial charge in [0.2, 0.25) is 0 Å². The molecule has 0 aromatic heterocycles. The number of nitrogens with zero attached hydrogens (tertiary/aromatic N) is 1. The third-order valence-electron chi connectivity index (χ3n) is 3.88. The summed E-state index contributed by atoms with van der Waals surface area (Å²) in [7, 11) is 0. The molecule has 1 aliphatic rings. The van der Waals surface area contributed by atoms with Crippen molar-refractivity contribution in [3.8, 4) is 0 Å². The molecule has 0 saturated heterocycles. The average molecular weight is 364 g/mol. The Morgan fingerprint density at radius 2 is 1.79 bits per heavy atom. The zero-order valence-electron chi connectivity index (χ0n) is 13.0. The lowest BCUT2D eigenvalue weighted by Crippen LogP contribution is -2.39. The van der Waals surface area contributed by atoms with Gasteiger partial charge in [0.25, 0.3) is 5.91 Å². The minimum absolute atomic E-state index is 0.217. The molecular formula is C18H15Cl2NO3. The van der Waals surface area contributed by atoms with Gasteiger partial charge in [-0.05, 0) is 43.2 Å². The van der Waals surface area contributed by atoms with Gasteiger partial charge in [-0.15, -0.1) is 0 Å². The van der Waals surface area contributed by atoms with Crippen molar-refractivity contribution in [1.29, 1.82) is 0 Å². The number of anilines is 1. The highest BCUT2D eigenvalue weighted by Crippen LogP contribution is 2.28. The zero-order valence-corrected chi connectivity index (χ0v) is 14.5. The molecule has 1 aliphatic heterocycles. The minimum atomic E-state index is -0.901. The van der Waals surface area contributed by atoms with E-state index < -0.39 is 12.1 Å². The Hall–Kier alpha value is -2.04. The summed E-state index contributed by atoms with van der Waals surface area (Å²) in [5.74, 6) is -0.880. The van der Waals surface area contributed by atoms with E-state index in [-0.39, 0.29) is 11.5 Å². The monoisotopic (exact) mass is 363 g/mol. The van der Waals surface area contributed by atoms with Gasteiger partial charge in [0, 0.05) is 22.3 Å². The molecule has 0 bridgehead atoms. The predicted octanol–water partition coefficient (Wildman–Crippen LogP) is 4.13. The number of ether oxygens (including phenoxy) is 1. The normalized spacial score (nSPS) is 14.2. The molecule has 1 amide bonds. The van der Waals surface area contributed by atoms with Crippen LogP contribution in [0.1, 0.15) is 22.8 Å². The van der Waals surface area contributed by atoms with Crippen molar-refractivity contribution >= 4 is 40.8 Å². The van der Waals surface area contributed by atoms with Gasteiger partial charge in [-0.1, -0.05) is 41.4 Å². The molecule has 1 unspecified atom stereocenters. The Kier molecular flexibility index (Phi) is 4.78. The van der Waals surface area contributed by atoms with E-state index in [4.69, 9.17) is 27.9 Å². The Bertz CT molecular complexity index is 786. The van der Waals surface area contributed by atoms with E-state index in [1.165, 1.54) is 18.2 Å². The number of halogens is 2. The molecule has 0 N–H and O–H groups in total. The molecule has 0 aliphatic carbocycles. The fourth-order valence-corrected chi connectivity index (χ4v) is 3.26. The van der Waals surface area contributed by atoms with Crippen molar-refractivity contribution in [3.05, 3.63) is 63.6 Å². The van der Waals surface area contributed by atoms with Crippen LogP contribution in [-0.2, 0) is 16.0 Å². The molecule has 4 nitrogen and oxygen atoms in total. The number of para-hydroxylation sites is 1. The van der Waals surface area contributed by atoms with Gasteiger partial charge < -0.3 is 9.64 Å². The van der Waals surface area contributed by atoms with Crippen molar-refractivity contribution in [2.45, 2.75) is 19.4 Å². The van der Waals surface area contributed by atoms with Crippen molar-refractivity contribution in [2.75, 3.05) is 11.4 Å². The Morgan fingerprint density at radius 3 is 2.50 bits per heavy atom. The highest BCUT2D eigenvalue weighted by Gasteiger charge is 2.30. The summed E-state index contributed by atoms with van der Waals surface area (Å²) in [6.07, 6.45) is -0.103. The first-order valence-electron chi connectivity index (χ1n) is 7.52. The Balaban J connectivity index is 1.72. The maximum absolute atomic E-state index is 12.6. The summed E-state index contributed by atoms with van der Waals surface area (Å²) in [6.45, 7) is 2.15. The summed E-state index contributed by atoms with van der Waals surface area (Å²) in [5, 5.41) is 0.670. The van der Waals surface area contributed by atoms with Gasteiger partial charge in [-0.25, -0.2) is 4.79 Å². The Morgan fingerprint density at radius 1 is 1.12 bits per heavy atom. The van der Waals surface area contributed by atoms with E-state index in [2.05, 4.69) is 0 Å². The number of hydrogen-bond acceptors (Lipinski definition) is 3. The van der Waals surface area contributed by atoms with Gasteiger partial charge in [-0.3, -0.25) is 4.79 Å². The van der Waals surface area contributed by atoms with Crippen LogP contribution in [-0.4, -0.2) is 24.5 Å². The van der Waals surface area contributed by atoms with Gasteiger partial charge in [0.15, 0.2) is 6.10 Å². The van der Waals surface area contributed by atoms with Crippen LogP contribution >= 0.6 is 23.2 Å². The van der Waals surface area contributed by atoms with Gasteiger partial charge in [0.1, 0.15) is 0 Å². The summed E-state index contributed by atoms with van der Waals surface area (Å²) in [5.41, 5.74) is 2.20. The van der Waals surface area contributed by atoms with Crippen LogP contribution in [0, 0.1) is 0 Å². The molecule has 124 valence electrons. The lowest BCUT2D eigenvalue weighted by molar-refractivity contribution is -0.126. The van der Waals surface area contributed by atoms with E-state index in [1.54, 1.807) is 11.8 Å². The maximum Gasteiger partial charge on any atom is 0.339 e. The molecule has 6 heteroatoms. The molecule has 1 heterocycles. The van der Waals surface area contributed by atoms with Crippen molar-refractivity contribution in [2.24, 2.45) is 0 Å². The topological polar surface area (TPSA) is 46.6 Å². The average Bonchev–Trinajstić information content (AvgIpc) is 2.97. The summed E-state index contributed by atoms with van der Waals surface area (Å²) >= 11 is 11.8. The third-order valence-corrected chi connectivity index (χ3v) is 4.32. The molecule has 2 aromatic rings. The SMILES string of the molecule is CC(OC(=O)c1cc(Cl)cc(Cl)c1)C(=O)N1CCc2ccccc21. The standard InChI is InChI=1S/C18H15Cl2NO3/c1-11(24-18(23)13-8-14(19)10-15(20)9-13)17(22)21-7-6-12-4-2-3-5-16(12)21/h2-5,8-11H,6-7H2,1H3. The number of hydrogen-bond donors (Lipinski definition) is 0. The van der Waals surface area contributed by atoms with Crippen molar-refractivity contribution in [3.63, 3.8) is 0 Å². The molecule has 0 saturated carbocycles. The number of carbonyl (C=O) groups excluding carboxylic acids is 2. The number of fused-ring (bicyclic) bond motifs is 1. The molecule has 0 spiro atoms. The van der Waals surface area contributed by atoms with Crippen molar-refractivity contribution < 1.29 is 14.3 Å². The van der Waals surface area contributed by atoms with Crippen LogP contribution < -0.4 is 4.90 Å². The maximum atomic E-state index is 12.6. The molecule has 2 aromatic carbocycles. The molecule has 3 rings (SSSR count). The second-order valence-corrected chi connectivity index (χ2v) is 6.45. The lowest BCUT2D eigenvalue weighted by atomic mass is 10.2. The molecule has 24 heavy (non-hydrogen) atoms. The molecule has 0 radical (unpaired) electrons. The fraction of sp³-hybridized carbons (Fsp3) is 0.222. The first-order valence-corrected chi connectivity index (χ1v) is 8.27. The number of carbonyl (C=O) groups is 2. The van der Waals surface area contributed by atoms with Gasteiger partial charge >= 0.3 is 5.97 Å². The van der Waals surface area contributed by atoms with Crippen LogP contribution in [0.3, 0.4) is 0 Å². The number of benzene rings is 2. The zero-order chi connectivity index (χ0) is 17.3. The van der Waals surface area contributed by atoms with Gasteiger partial charge in [0.05, 0.1) is 5.56 Å². The van der Waals surface area contributed by atoms with E-state index in [9.17, 15) is 9.59 Å². The Labute approximate surface area is 149 Å². The quantitative estimate of drug-likeness (QED) is 0.770. The van der Waals surface area contributed by atoms with E-state index in [1.807, 2.05) is 24.3 Å². The first kappa shape index (κ1) is 16.8. The summed E-state index contributed by atoms with van der Waals surface area (Å²) in [4.78, 5) is 26.5. The number of esters is 1. The molecule has 0 fully saturated rings. The highest BCUT2D eigenvalue weighted by molar-refractivity contribution is 6.35. The van der Waals surface area contributed by atoms with Crippen LogP contribution in [0.5, 0.6) is 0 Å². The van der Waals surface area contributed by atoms with Crippen LogP contribution in [0.4, 0.5) is 5.69 Å². The van der Waals surface area contributed by atoms with Crippen LogP contribution in [0.15, 0.2) is 42.5 Å². The number of rotatable bonds is 3. The second-order valence-electron chi connectivity index (χ2n) is 5.57. The van der Waals surface area contributed by atoms with Gasteiger partial charge in [-0.2, -0.15) is 0 Å². The van der Waals surface area contributed by atoms with E-state index in [0.717, 1.165) is 17.7 Å². The summed E-state index contributed by atoms with van der Waals surface area (Å²) < 4.78 is 5.29. The summed E-state index contributed by atoms with van der Waals surface area (Å²) in [6, 6.07) is 12.2.